The van der Waals surface area contributed by atoms with Crippen LogP contribution in [0.1, 0.15) is 28.9 Å². The molecule has 2 aromatic heterocycles. The lowest BCUT2D eigenvalue weighted by molar-refractivity contribution is 0.503. The van der Waals surface area contributed by atoms with Crippen LogP contribution in [-0.4, -0.2) is 22.6 Å². The van der Waals surface area contributed by atoms with E-state index >= 15 is 0 Å². The number of aryl methyl sites for hydroxylation is 1. The Bertz CT molecular complexity index is 451. The smallest absolute Gasteiger partial charge is 0.0897 e. The van der Waals surface area contributed by atoms with Crippen LogP contribution in [-0.2, 0) is 12.8 Å². The molecule has 0 amide bonds. The van der Waals surface area contributed by atoms with Crippen molar-refractivity contribution in [3.63, 3.8) is 0 Å². The van der Waals surface area contributed by atoms with Crippen molar-refractivity contribution >= 4 is 22.7 Å². The van der Waals surface area contributed by atoms with Crippen LogP contribution in [0, 0.1) is 6.92 Å². The van der Waals surface area contributed by atoms with Gasteiger partial charge in [0.15, 0.2) is 0 Å². The predicted molar refractivity (Wildman–Crippen MR) is 78.5 cm³/mol. The molecule has 18 heavy (non-hydrogen) atoms. The molecule has 0 bridgehead atoms. The fourth-order valence-corrected chi connectivity index (χ4v) is 3.21. The predicted octanol–water partition coefficient (Wildman–Crippen LogP) is 3.06. The molecule has 0 fully saturated rings. The minimum atomic E-state index is 0.465. The summed E-state index contributed by atoms with van der Waals surface area (Å²) in [4.78, 5) is 10.0. The van der Waals surface area contributed by atoms with E-state index in [1.807, 2.05) is 11.7 Å². The summed E-state index contributed by atoms with van der Waals surface area (Å²) >= 11 is 3.46. The molecule has 98 valence electrons. The van der Waals surface area contributed by atoms with E-state index in [2.05, 4.69) is 34.5 Å². The number of nitrogens with one attached hydrogen (secondary N) is 1. The summed E-state index contributed by atoms with van der Waals surface area (Å²) in [5.74, 6) is 0. The fourth-order valence-electron chi connectivity index (χ4n) is 1.91. The topological polar surface area (TPSA) is 37.8 Å². The normalized spacial score (nSPS) is 12.8. The number of nitrogens with zero attached hydrogens (tertiary/aromatic N) is 2. The van der Waals surface area contributed by atoms with E-state index in [9.17, 15) is 0 Å². The second-order valence-corrected chi connectivity index (χ2v) is 6.42. The zero-order valence-corrected chi connectivity index (χ0v) is 12.5. The van der Waals surface area contributed by atoms with Gasteiger partial charge in [0.05, 0.1) is 16.2 Å². The maximum atomic E-state index is 4.55. The zero-order chi connectivity index (χ0) is 12.8. The van der Waals surface area contributed by atoms with Crippen LogP contribution in [0.3, 0.4) is 0 Å². The Balaban J connectivity index is 1.95. The maximum Gasteiger partial charge on any atom is 0.0897 e. The van der Waals surface area contributed by atoms with Crippen LogP contribution >= 0.6 is 22.7 Å². The molecule has 3 nitrogen and oxygen atoms in total. The summed E-state index contributed by atoms with van der Waals surface area (Å²) in [5.41, 5.74) is 3.11. The molecular weight excluding hydrogens is 262 g/mol. The molecule has 0 aliphatic heterocycles. The van der Waals surface area contributed by atoms with E-state index in [0.717, 1.165) is 30.8 Å². The van der Waals surface area contributed by atoms with Gasteiger partial charge in [-0.3, -0.25) is 4.98 Å². The number of hydrogen-bond acceptors (Lipinski definition) is 5. The molecular formula is C13H19N3S2. The van der Waals surface area contributed by atoms with Crippen LogP contribution in [0.25, 0.3) is 0 Å². The number of thiazole rings is 2. The minimum absolute atomic E-state index is 0.465. The van der Waals surface area contributed by atoms with Gasteiger partial charge in [-0.25, -0.2) is 4.98 Å². The van der Waals surface area contributed by atoms with Gasteiger partial charge in [0.1, 0.15) is 0 Å². The molecule has 2 rings (SSSR count). The van der Waals surface area contributed by atoms with Gasteiger partial charge in [-0.1, -0.05) is 6.92 Å². The Hall–Kier alpha value is -0.780. The van der Waals surface area contributed by atoms with Gasteiger partial charge in [-0.2, -0.15) is 0 Å². The Labute approximate surface area is 116 Å². The van der Waals surface area contributed by atoms with Crippen LogP contribution in [0.2, 0.25) is 0 Å². The lowest BCUT2D eigenvalue weighted by atomic mass is 10.1. The van der Waals surface area contributed by atoms with Crippen molar-refractivity contribution in [2.24, 2.45) is 0 Å². The molecule has 0 saturated carbocycles. The van der Waals surface area contributed by atoms with E-state index < -0.39 is 0 Å². The first kappa shape index (κ1) is 13.6. The monoisotopic (exact) mass is 281 g/mol. The molecule has 2 heterocycles. The average Bonchev–Trinajstić information content (AvgIpc) is 2.98. The summed E-state index contributed by atoms with van der Waals surface area (Å²) in [6.07, 6.45) is 5.18. The largest absolute Gasteiger partial charge is 0.313 e. The summed E-state index contributed by atoms with van der Waals surface area (Å²) < 4.78 is 0. The highest BCUT2D eigenvalue weighted by Gasteiger charge is 2.12. The van der Waals surface area contributed by atoms with Crippen LogP contribution in [0.4, 0.5) is 0 Å². The number of aromatic nitrogens is 2. The van der Waals surface area contributed by atoms with Crippen molar-refractivity contribution in [3.8, 4) is 0 Å². The first-order valence-electron chi connectivity index (χ1n) is 6.29. The second-order valence-electron chi connectivity index (χ2n) is 4.38. The third-order valence-electron chi connectivity index (χ3n) is 2.74. The third-order valence-corrected chi connectivity index (χ3v) is 4.36. The summed E-state index contributed by atoms with van der Waals surface area (Å²) in [7, 11) is 0. The van der Waals surface area contributed by atoms with Crippen molar-refractivity contribution in [1.29, 1.82) is 0 Å². The highest BCUT2D eigenvalue weighted by Crippen LogP contribution is 2.14. The third kappa shape index (κ3) is 4.15. The summed E-state index contributed by atoms with van der Waals surface area (Å²) in [5, 5.41) is 6.93. The van der Waals surface area contributed by atoms with E-state index in [1.54, 1.807) is 22.7 Å². The van der Waals surface area contributed by atoms with Gasteiger partial charge < -0.3 is 5.32 Å². The maximum absolute atomic E-state index is 4.55. The van der Waals surface area contributed by atoms with Crippen molar-refractivity contribution in [2.45, 2.75) is 39.2 Å². The molecule has 0 saturated heterocycles. The van der Waals surface area contributed by atoms with Gasteiger partial charge in [-0.15, -0.1) is 22.7 Å². The Morgan fingerprint density at radius 3 is 2.83 bits per heavy atom. The van der Waals surface area contributed by atoms with E-state index in [0.29, 0.717) is 6.04 Å². The Morgan fingerprint density at radius 2 is 2.22 bits per heavy atom. The average molecular weight is 281 g/mol. The second kappa shape index (κ2) is 6.97. The van der Waals surface area contributed by atoms with E-state index in [-0.39, 0.29) is 0 Å². The molecule has 1 unspecified atom stereocenters. The standard InChI is InChI=1S/C13H19N3S2/c1-3-4-15-11(6-13-7-14-9-18-13)5-12-8-17-10(2)16-12/h7-9,11,15H,3-6H2,1-2H3. The number of hydrogen-bond donors (Lipinski definition) is 1. The fraction of sp³-hybridized carbons (Fsp3) is 0.538. The minimum Gasteiger partial charge on any atom is -0.313 e. The summed E-state index contributed by atoms with van der Waals surface area (Å²) in [6, 6.07) is 0.465. The van der Waals surface area contributed by atoms with Gasteiger partial charge in [-0.05, 0) is 26.3 Å². The van der Waals surface area contributed by atoms with Crippen molar-refractivity contribution in [1.82, 2.24) is 15.3 Å². The van der Waals surface area contributed by atoms with Crippen LogP contribution in [0.5, 0.6) is 0 Å². The lowest BCUT2D eigenvalue weighted by Crippen LogP contribution is -2.33. The SMILES string of the molecule is CCCNC(Cc1csc(C)n1)Cc1cncs1. The van der Waals surface area contributed by atoms with Crippen molar-refractivity contribution in [2.75, 3.05) is 6.54 Å². The molecule has 0 aliphatic carbocycles. The Morgan fingerprint density at radius 1 is 1.33 bits per heavy atom. The van der Waals surface area contributed by atoms with Gasteiger partial charge in [0, 0.05) is 28.9 Å². The van der Waals surface area contributed by atoms with Gasteiger partial charge >= 0.3 is 0 Å². The highest BCUT2D eigenvalue weighted by molar-refractivity contribution is 7.09. The summed E-state index contributed by atoms with van der Waals surface area (Å²) in [6.45, 7) is 5.32. The molecule has 0 spiro atoms. The molecule has 0 aromatic carbocycles. The van der Waals surface area contributed by atoms with Crippen LogP contribution in [0.15, 0.2) is 17.1 Å². The van der Waals surface area contributed by atoms with Gasteiger partial charge in [0.2, 0.25) is 0 Å². The number of rotatable bonds is 7. The van der Waals surface area contributed by atoms with Crippen molar-refractivity contribution < 1.29 is 0 Å². The zero-order valence-electron chi connectivity index (χ0n) is 10.8. The first-order chi connectivity index (χ1) is 8.78. The van der Waals surface area contributed by atoms with Crippen LogP contribution < -0.4 is 5.32 Å². The molecule has 2 aromatic rings. The molecule has 5 heteroatoms. The molecule has 1 N–H and O–H groups in total. The van der Waals surface area contributed by atoms with Crippen molar-refractivity contribution in [3.05, 3.63) is 32.7 Å². The molecule has 0 radical (unpaired) electrons. The highest BCUT2D eigenvalue weighted by atomic mass is 32.1. The quantitative estimate of drug-likeness (QED) is 0.847. The van der Waals surface area contributed by atoms with E-state index in [4.69, 9.17) is 0 Å². The van der Waals surface area contributed by atoms with Gasteiger partial charge in [0.25, 0.3) is 0 Å². The molecule has 1 atom stereocenters. The molecule has 0 aliphatic rings. The first-order valence-corrected chi connectivity index (χ1v) is 8.05. The van der Waals surface area contributed by atoms with E-state index in [1.165, 1.54) is 10.6 Å². The Kier molecular flexibility index (Phi) is 5.28. The lowest BCUT2D eigenvalue weighted by Gasteiger charge is -2.16.